The first-order valence-corrected chi connectivity index (χ1v) is 7.31. The van der Waals surface area contributed by atoms with Crippen LogP contribution in [0.3, 0.4) is 0 Å². The summed E-state index contributed by atoms with van der Waals surface area (Å²) in [5, 5.41) is 7.81. The highest BCUT2D eigenvalue weighted by atomic mass is 19.4. The van der Waals surface area contributed by atoms with Crippen molar-refractivity contribution in [2.24, 2.45) is 0 Å². The number of halogens is 3. The van der Waals surface area contributed by atoms with Crippen molar-refractivity contribution in [2.45, 2.75) is 50.9 Å². The molecule has 0 saturated carbocycles. The fourth-order valence-corrected chi connectivity index (χ4v) is 2.58. The van der Waals surface area contributed by atoms with Crippen molar-refractivity contribution in [3.63, 3.8) is 0 Å². The second-order valence-corrected chi connectivity index (χ2v) is 5.55. The summed E-state index contributed by atoms with van der Waals surface area (Å²) >= 11 is 0. The minimum Gasteiger partial charge on any atom is -0.349 e. The summed E-state index contributed by atoms with van der Waals surface area (Å²) in [6.45, 7) is 0.965. The number of rotatable bonds is 5. The predicted molar refractivity (Wildman–Crippen MR) is 72.7 cm³/mol. The van der Waals surface area contributed by atoms with Gasteiger partial charge >= 0.3 is 6.18 Å². The van der Waals surface area contributed by atoms with Crippen LogP contribution in [-0.2, 0) is 17.5 Å². The molecule has 0 aromatic carbocycles. The Morgan fingerprint density at radius 2 is 2.23 bits per heavy atom. The number of nitrogens with zero attached hydrogens (tertiary/aromatic N) is 3. The summed E-state index contributed by atoms with van der Waals surface area (Å²) < 4.78 is 37.0. The van der Waals surface area contributed by atoms with Gasteiger partial charge in [-0.05, 0) is 32.9 Å². The third-order valence-electron chi connectivity index (χ3n) is 3.86. The van der Waals surface area contributed by atoms with E-state index in [1.807, 2.05) is 0 Å². The van der Waals surface area contributed by atoms with Gasteiger partial charge in [-0.3, -0.25) is 9.89 Å². The number of alkyl halides is 3. The molecule has 22 heavy (non-hydrogen) atoms. The van der Waals surface area contributed by atoms with Crippen molar-refractivity contribution >= 4 is 5.91 Å². The quantitative estimate of drug-likeness (QED) is 0.866. The first-order valence-electron chi connectivity index (χ1n) is 7.31. The van der Waals surface area contributed by atoms with Gasteiger partial charge in [-0.2, -0.15) is 13.2 Å². The maximum absolute atomic E-state index is 12.3. The summed E-state index contributed by atoms with van der Waals surface area (Å²) in [5.74, 6) is -1.42. The van der Waals surface area contributed by atoms with Crippen LogP contribution in [0.1, 0.15) is 43.8 Å². The number of aromatic nitrogens is 3. The van der Waals surface area contributed by atoms with Crippen molar-refractivity contribution in [2.75, 3.05) is 13.6 Å². The Hall–Kier alpha value is -1.64. The molecule has 6 nitrogen and oxygen atoms in total. The number of hydrogen-bond donors (Lipinski definition) is 2. The van der Waals surface area contributed by atoms with Gasteiger partial charge in [0.1, 0.15) is 5.82 Å². The third-order valence-corrected chi connectivity index (χ3v) is 3.86. The number of nitrogens with one attached hydrogen (secondary N) is 2. The first kappa shape index (κ1) is 16.7. The molecule has 1 aliphatic rings. The molecular formula is C13H20F3N5O. The fourth-order valence-electron chi connectivity index (χ4n) is 2.58. The number of hydrogen-bond acceptors (Lipinski definition) is 4. The van der Waals surface area contributed by atoms with Crippen LogP contribution in [0.25, 0.3) is 0 Å². The van der Waals surface area contributed by atoms with E-state index < -0.39 is 12.0 Å². The molecule has 0 radical (unpaired) electrons. The Balaban J connectivity index is 1.72. The molecule has 2 N–H and O–H groups in total. The summed E-state index contributed by atoms with van der Waals surface area (Å²) in [7, 11) is 2.05. The monoisotopic (exact) mass is 319 g/mol. The van der Waals surface area contributed by atoms with Gasteiger partial charge in [-0.1, -0.05) is 6.42 Å². The Morgan fingerprint density at radius 1 is 1.45 bits per heavy atom. The minimum atomic E-state index is -4.58. The van der Waals surface area contributed by atoms with Crippen LogP contribution in [0, 0.1) is 0 Å². The zero-order valence-electron chi connectivity index (χ0n) is 12.4. The molecule has 124 valence electrons. The highest BCUT2D eigenvalue weighted by molar-refractivity contribution is 5.75. The fraction of sp³-hybridized carbons (Fsp3) is 0.769. The predicted octanol–water partition coefficient (Wildman–Crippen LogP) is 1.70. The van der Waals surface area contributed by atoms with E-state index in [9.17, 15) is 18.0 Å². The molecule has 2 heterocycles. The van der Waals surface area contributed by atoms with Crippen LogP contribution in [0.2, 0.25) is 0 Å². The van der Waals surface area contributed by atoms with Crippen molar-refractivity contribution in [1.29, 1.82) is 0 Å². The lowest BCUT2D eigenvalue weighted by Crippen LogP contribution is -2.37. The summed E-state index contributed by atoms with van der Waals surface area (Å²) in [5.41, 5.74) is 0. The normalized spacial score (nSPS) is 20.1. The van der Waals surface area contributed by atoms with Crippen LogP contribution >= 0.6 is 0 Å². The van der Waals surface area contributed by atoms with Gasteiger partial charge in [-0.25, -0.2) is 4.98 Å². The number of likely N-dealkylation sites (tertiary alicyclic amines) is 1. The van der Waals surface area contributed by atoms with Gasteiger partial charge in [0.2, 0.25) is 5.91 Å². The van der Waals surface area contributed by atoms with E-state index in [4.69, 9.17) is 0 Å². The standard InChI is InChI=1S/C13H20F3N5O/c1-21-7-3-2-4-9(21)5-6-11(22)17-8-10-18-12(20-19-10)13(14,15)16/h9H,2-8H2,1H3,(H,17,22)(H,18,19,20). The molecular weight excluding hydrogens is 299 g/mol. The van der Waals surface area contributed by atoms with Crippen molar-refractivity contribution in [3.05, 3.63) is 11.6 Å². The van der Waals surface area contributed by atoms with Gasteiger partial charge in [0.15, 0.2) is 0 Å². The molecule has 1 saturated heterocycles. The number of carbonyl (C=O) groups excluding carboxylic acids is 1. The molecule has 2 rings (SSSR count). The smallest absolute Gasteiger partial charge is 0.349 e. The molecule has 0 spiro atoms. The molecule has 1 aliphatic heterocycles. The number of amides is 1. The first-order chi connectivity index (χ1) is 10.4. The maximum atomic E-state index is 12.3. The molecule has 9 heteroatoms. The average Bonchev–Trinajstić information content (AvgIpc) is 2.93. The molecule has 1 amide bonds. The van der Waals surface area contributed by atoms with Gasteiger partial charge in [0.05, 0.1) is 6.54 Å². The number of carbonyl (C=O) groups is 1. The lowest BCUT2D eigenvalue weighted by molar-refractivity contribution is -0.144. The van der Waals surface area contributed by atoms with Crippen molar-refractivity contribution in [1.82, 2.24) is 25.4 Å². The second-order valence-electron chi connectivity index (χ2n) is 5.55. The Bertz CT molecular complexity index is 502. The second kappa shape index (κ2) is 7.08. The molecule has 1 unspecified atom stereocenters. The van der Waals surface area contributed by atoms with Crippen molar-refractivity contribution < 1.29 is 18.0 Å². The van der Waals surface area contributed by atoms with Crippen LogP contribution in [-0.4, -0.2) is 45.6 Å². The molecule has 1 aromatic heterocycles. The van der Waals surface area contributed by atoms with Gasteiger partial charge < -0.3 is 10.2 Å². The average molecular weight is 319 g/mol. The van der Waals surface area contributed by atoms with E-state index in [1.165, 1.54) is 12.8 Å². The zero-order chi connectivity index (χ0) is 16.2. The summed E-state index contributed by atoms with van der Waals surface area (Å²) in [4.78, 5) is 17.3. The Kier molecular flexibility index (Phi) is 5.38. The van der Waals surface area contributed by atoms with Crippen LogP contribution < -0.4 is 5.32 Å². The molecule has 1 aromatic rings. The molecule has 0 bridgehead atoms. The minimum absolute atomic E-state index is 0.00420. The van der Waals surface area contributed by atoms with Gasteiger partial charge in [0, 0.05) is 12.5 Å². The highest BCUT2D eigenvalue weighted by Gasteiger charge is 2.36. The topological polar surface area (TPSA) is 73.9 Å². The van der Waals surface area contributed by atoms with E-state index in [2.05, 4.69) is 32.4 Å². The number of H-pyrrole nitrogens is 1. The van der Waals surface area contributed by atoms with Crippen LogP contribution in [0.15, 0.2) is 0 Å². The SMILES string of the molecule is CN1CCCCC1CCC(=O)NCc1nc(C(F)(F)F)n[nH]1. The molecule has 1 atom stereocenters. The third kappa shape index (κ3) is 4.69. The van der Waals surface area contributed by atoms with Crippen LogP contribution in [0.5, 0.6) is 0 Å². The van der Waals surface area contributed by atoms with Crippen molar-refractivity contribution in [3.8, 4) is 0 Å². The Labute approximate surface area is 126 Å². The molecule has 1 fully saturated rings. The van der Waals surface area contributed by atoms with E-state index in [1.54, 1.807) is 0 Å². The summed E-state index contributed by atoms with van der Waals surface area (Å²) in [6.07, 6.45) is -0.0197. The molecule has 0 aliphatic carbocycles. The maximum Gasteiger partial charge on any atom is 0.453 e. The van der Waals surface area contributed by atoms with E-state index in [0.717, 1.165) is 19.4 Å². The van der Waals surface area contributed by atoms with Gasteiger partial charge in [-0.15, -0.1) is 5.10 Å². The van der Waals surface area contributed by atoms with Gasteiger partial charge in [0.25, 0.3) is 5.82 Å². The van der Waals surface area contributed by atoms with E-state index in [-0.39, 0.29) is 18.3 Å². The van der Waals surface area contributed by atoms with Crippen LogP contribution in [0.4, 0.5) is 13.2 Å². The number of aromatic amines is 1. The lowest BCUT2D eigenvalue weighted by Gasteiger charge is -2.32. The largest absolute Gasteiger partial charge is 0.453 e. The zero-order valence-corrected chi connectivity index (χ0v) is 12.4. The lowest BCUT2D eigenvalue weighted by atomic mass is 9.98. The Morgan fingerprint density at radius 3 is 2.86 bits per heavy atom. The number of piperidine rings is 1. The highest BCUT2D eigenvalue weighted by Crippen LogP contribution is 2.25. The van der Waals surface area contributed by atoms with E-state index in [0.29, 0.717) is 12.5 Å². The summed E-state index contributed by atoms with van der Waals surface area (Å²) in [6, 6.07) is 0.404. The van der Waals surface area contributed by atoms with E-state index >= 15 is 0 Å².